The van der Waals surface area contributed by atoms with E-state index >= 15 is 0 Å². The van der Waals surface area contributed by atoms with Gasteiger partial charge in [0.05, 0.1) is 0 Å². The molecule has 7 heteroatoms. The Labute approximate surface area is 111 Å². The van der Waals surface area contributed by atoms with Gasteiger partial charge in [0.2, 0.25) is 0 Å². The minimum atomic E-state index is -3.57. The molecule has 3 N–H and O–H groups in total. The van der Waals surface area contributed by atoms with E-state index in [0.717, 1.165) is 37.0 Å². The van der Waals surface area contributed by atoms with Crippen molar-refractivity contribution in [3.8, 4) is 6.07 Å². The number of hydrogen-bond donors (Lipinski definition) is 2. The van der Waals surface area contributed by atoms with E-state index in [1.807, 2.05) is 6.07 Å². The minimum Gasteiger partial charge on any atom is -0.329 e. The van der Waals surface area contributed by atoms with Gasteiger partial charge in [0.1, 0.15) is 15.2 Å². The molecule has 1 aliphatic rings. The Kier molecular flexibility index (Phi) is 3.73. The van der Waals surface area contributed by atoms with Crippen LogP contribution in [0.4, 0.5) is 0 Å². The highest BCUT2D eigenvalue weighted by atomic mass is 32.2. The SMILES string of the molecule is N#Cc1ccc(S(=O)(=O)NC2(CN)CCCC2)s1. The summed E-state index contributed by atoms with van der Waals surface area (Å²) in [5, 5.41) is 8.72. The molecule has 0 aromatic carbocycles. The maximum absolute atomic E-state index is 12.2. The summed E-state index contributed by atoms with van der Waals surface area (Å²) in [5.41, 5.74) is 5.21. The largest absolute Gasteiger partial charge is 0.329 e. The molecule has 5 nitrogen and oxygen atoms in total. The predicted octanol–water partition coefficient (Wildman–Crippen LogP) is 1.17. The summed E-state index contributed by atoms with van der Waals surface area (Å²) in [6.07, 6.45) is 3.54. The molecule has 1 fully saturated rings. The number of nitriles is 1. The van der Waals surface area contributed by atoms with Gasteiger partial charge in [0, 0.05) is 12.1 Å². The maximum atomic E-state index is 12.2. The lowest BCUT2D eigenvalue weighted by molar-refractivity contribution is 0.400. The summed E-state index contributed by atoms with van der Waals surface area (Å²) >= 11 is 0.980. The molecule has 2 rings (SSSR count). The molecule has 18 heavy (non-hydrogen) atoms. The van der Waals surface area contributed by atoms with Crippen LogP contribution in [0.15, 0.2) is 16.3 Å². The van der Waals surface area contributed by atoms with Crippen LogP contribution in [0.5, 0.6) is 0 Å². The monoisotopic (exact) mass is 285 g/mol. The fourth-order valence-corrected chi connectivity index (χ4v) is 4.83. The van der Waals surface area contributed by atoms with Gasteiger partial charge < -0.3 is 5.73 Å². The standard InChI is InChI=1S/C11H15N3O2S2/c12-7-9-3-4-10(17-9)18(15,16)14-11(8-13)5-1-2-6-11/h3-4,14H,1-2,5-6,8,13H2. The highest BCUT2D eigenvalue weighted by Gasteiger charge is 2.37. The van der Waals surface area contributed by atoms with Crippen molar-refractivity contribution in [1.29, 1.82) is 5.26 Å². The Morgan fingerprint density at radius 3 is 2.61 bits per heavy atom. The molecule has 1 aromatic heterocycles. The first-order valence-electron chi connectivity index (χ1n) is 5.75. The van der Waals surface area contributed by atoms with Crippen molar-refractivity contribution in [2.45, 2.75) is 35.4 Å². The molecule has 0 amide bonds. The third kappa shape index (κ3) is 2.57. The van der Waals surface area contributed by atoms with E-state index in [1.165, 1.54) is 12.1 Å². The lowest BCUT2D eigenvalue weighted by Crippen LogP contribution is -2.51. The van der Waals surface area contributed by atoms with Crippen LogP contribution in [0, 0.1) is 11.3 Å². The molecular formula is C11H15N3O2S2. The molecule has 1 aliphatic carbocycles. The van der Waals surface area contributed by atoms with Crippen LogP contribution in [-0.4, -0.2) is 20.5 Å². The first-order chi connectivity index (χ1) is 8.51. The normalized spacial score (nSPS) is 18.7. The van der Waals surface area contributed by atoms with Crippen molar-refractivity contribution in [1.82, 2.24) is 4.72 Å². The second kappa shape index (κ2) is 4.97. The first kappa shape index (κ1) is 13.5. The fraction of sp³-hybridized carbons (Fsp3) is 0.545. The van der Waals surface area contributed by atoms with Crippen LogP contribution in [-0.2, 0) is 10.0 Å². The van der Waals surface area contributed by atoms with Gasteiger partial charge in [-0.1, -0.05) is 12.8 Å². The van der Waals surface area contributed by atoms with Crippen LogP contribution in [0.2, 0.25) is 0 Å². The van der Waals surface area contributed by atoms with Crippen LogP contribution >= 0.6 is 11.3 Å². The van der Waals surface area contributed by atoms with E-state index in [0.29, 0.717) is 11.4 Å². The summed E-state index contributed by atoms with van der Waals surface area (Å²) in [4.78, 5) is 0.392. The predicted molar refractivity (Wildman–Crippen MR) is 69.6 cm³/mol. The van der Waals surface area contributed by atoms with E-state index < -0.39 is 15.6 Å². The van der Waals surface area contributed by atoms with Crippen LogP contribution in [0.1, 0.15) is 30.6 Å². The van der Waals surface area contributed by atoms with E-state index in [4.69, 9.17) is 11.0 Å². The number of nitrogens with two attached hydrogens (primary N) is 1. The number of hydrogen-bond acceptors (Lipinski definition) is 5. The summed E-state index contributed by atoms with van der Waals surface area (Å²) in [6.45, 7) is 0.308. The van der Waals surface area contributed by atoms with Gasteiger partial charge in [-0.25, -0.2) is 13.1 Å². The highest BCUT2D eigenvalue weighted by molar-refractivity contribution is 7.91. The number of nitrogens with zero attached hydrogens (tertiary/aromatic N) is 1. The number of nitrogens with one attached hydrogen (secondary N) is 1. The van der Waals surface area contributed by atoms with Crippen LogP contribution in [0.25, 0.3) is 0 Å². The van der Waals surface area contributed by atoms with Gasteiger partial charge >= 0.3 is 0 Å². The maximum Gasteiger partial charge on any atom is 0.250 e. The van der Waals surface area contributed by atoms with E-state index in [1.54, 1.807) is 0 Å². The Morgan fingerprint density at radius 2 is 2.11 bits per heavy atom. The Hall–Kier alpha value is -0.940. The quantitative estimate of drug-likeness (QED) is 0.868. The topological polar surface area (TPSA) is 96.0 Å². The summed E-state index contributed by atoms with van der Waals surface area (Å²) in [7, 11) is -3.57. The summed E-state index contributed by atoms with van der Waals surface area (Å²) < 4.78 is 27.3. The second-order valence-electron chi connectivity index (χ2n) is 4.53. The van der Waals surface area contributed by atoms with Crippen molar-refractivity contribution in [3.63, 3.8) is 0 Å². The summed E-state index contributed by atoms with van der Waals surface area (Å²) in [6, 6.07) is 4.92. The fourth-order valence-electron chi connectivity index (χ4n) is 2.26. The molecule has 0 aliphatic heterocycles. The number of thiophene rings is 1. The molecule has 0 unspecified atom stereocenters. The molecule has 0 bridgehead atoms. The number of rotatable bonds is 4. The summed E-state index contributed by atoms with van der Waals surface area (Å²) in [5.74, 6) is 0. The Morgan fingerprint density at radius 1 is 1.44 bits per heavy atom. The zero-order chi connectivity index (χ0) is 13.2. The van der Waals surface area contributed by atoms with Crippen LogP contribution < -0.4 is 10.5 Å². The van der Waals surface area contributed by atoms with Crippen molar-refractivity contribution in [2.24, 2.45) is 5.73 Å². The molecule has 98 valence electrons. The van der Waals surface area contributed by atoms with Gasteiger partial charge in [-0.3, -0.25) is 0 Å². The Balaban J connectivity index is 2.24. The van der Waals surface area contributed by atoms with Gasteiger partial charge in [-0.05, 0) is 25.0 Å². The Bertz CT molecular complexity index is 565. The van der Waals surface area contributed by atoms with Gasteiger partial charge in [0.25, 0.3) is 10.0 Å². The molecule has 0 atom stereocenters. The van der Waals surface area contributed by atoms with Crippen molar-refractivity contribution in [3.05, 3.63) is 17.0 Å². The zero-order valence-corrected chi connectivity index (χ0v) is 11.5. The third-order valence-electron chi connectivity index (χ3n) is 3.26. The molecule has 1 aromatic rings. The minimum absolute atomic E-state index is 0.179. The number of sulfonamides is 1. The third-order valence-corrected chi connectivity index (χ3v) is 6.32. The average molecular weight is 285 g/mol. The van der Waals surface area contributed by atoms with Crippen LogP contribution in [0.3, 0.4) is 0 Å². The van der Waals surface area contributed by atoms with Crippen molar-refractivity contribution in [2.75, 3.05) is 6.54 Å². The van der Waals surface area contributed by atoms with E-state index in [2.05, 4.69) is 4.72 Å². The van der Waals surface area contributed by atoms with Gasteiger partial charge in [-0.15, -0.1) is 11.3 Å². The first-order valence-corrected chi connectivity index (χ1v) is 8.05. The molecule has 1 saturated carbocycles. The van der Waals surface area contributed by atoms with Gasteiger partial charge in [-0.2, -0.15) is 5.26 Å². The zero-order valence-electron chi connectivity index (χ0n) is 9.85. The molecule has 0 radical (unpaired) electrons. The average Bonchev–Trinajstić information content (AvgIpc) is 2.97. The van der Waals surface area contributed by atoms with Crippen molar-refractivity contribution < 1.29 is 8.42 Å². The second-order valence-corrected chi connectivity index (χ2v) is 7.52. The molecule has 1 heterocycles. The molecule has 0 spiro atoms. The lowest BCUT2D eigenvalue weighted by Gasteiger charge is -2.27. The highest BCUT2D eigenvalue weighted by Crippen LogP contribution is 2.31. The smallest absolute Gasteiger partial charge is 0.250 e. The molecular weight excluding hydrogens is 270 g/mol. The van der Waals surface area contributed by atoms with E-state index in [-0.39, 0.29) is 4.21 Å². The lowest BCUT2D eigenvalue weighted by atomic mass is 10.0. The van der Waals surface area contributed by atoms with E-state index in [9.17, 15) is 8.42 Å². The van der Waals surface area contributed by atoms with Crippen molar-refractivity contribution >= 4 is 21.4 Å². The molecule has 0 saturated heterocycles. The van der Waals surface area contributed by atoms with Gasteiger partial charge in [0.15, 0.2) is 0 Å².